The fourth-order valence-corrected chi connectivity index (χ4v) is 1.26. The maximum atomic E-state index is 12.9. The van der Waals surface area contributed by atoms with E-state index < -0.39 is 47.3 Å². The second-order valence-corrected chi connectivity index (χ2v) is 4.72. The van der Waals surface area contributed by atoms with Crippen molar-refractivity contribution in [2.24, 2.45) is 0 Å². The van der Waals surface area contributed by atoms with E-state index in [1.54, 1.807) is 0 Å². The molecule has 1 nitrogen and oxygen atoms in total. The Kier molecular flexibility index (Phi) is 5.67. The van der Waals surface area contributed by atoms with Crippen LogP contribution in [0.4, 0.5) is 65.9 Å². The molecular formula is C8H2ClF15O. The molecule has 0 radical (unpaired) electrons. The minimum absolute atomic E-state index is 3.72. The molecule has 152 valence electrons. The average Bonchev–Trinajstić information content (AvgIpc) is 2.35. The highest BCUT2D eigenvalue weighted by molar-refractivity contribution is 6.20. The van der Waals surface area contributed by atoms with Crippen molar-refractivity contribution in [3.8, 4) is 0 Å². The van der Waals surface area contributed by atoms with Gasteiger partial charge in [0.05, 0.1) is 0 Å². The molecule has 0 aliphatic heterocycles. The summed E-state index contributed by atoms with van der Waals surface area (Å²) in [5.41, 5.74) is -4.91. The molecule has 17 heteroatoms. The summed E-state index contributed by atoms with van der Waals surface area (Å²) in [6, 6.07) is 0. The van der Waals surface area contributed by atoms with Gasteiger partial charge in [0.25, 0.3) is 0 Å². The molecule has 0 saturated carbocycles. The van der Waals surface area contributed by atoms with Gasteiger partial charge in [-0.2, -0.15) is 61.5 Å². The van der Waals surface area contributed by atoms with Gasteiger partial charge in [-0.1, -0.05) is 11.6 Å². The van der Waals surface area contributed by atoms with Gasteiger partial charge >= 0.3 is 41.6 Å². The molecule has 0 aliphatic carbocycles. The standard InChI is InChI=1S/C8H2ClF15O/c9-1(10)2(11,12)3(13,14)4(15,16)5(17,18)6(19,20)7(21,22)8(23,24)25/h1,25H. The van der Waals surface area contributed by atoms with Crippen molar-refractivity contribution in [2.45, 2.75) is 47.3 Å². The van der Waals surface area contributed by atoms with Gasteiger partial charge in [0, 0.05) is 0 Å². The molecule has 0 bridgehead atoms. The van der Waals surface area contributed by atoms with Gasteiger partial charge in [0.15, 0.2) is 0 Å². The first kappa shape index (κ1) is 24.2. The number of halogens is 16. The normalized spacial score (nSPS) is 17.6. The molecule has 0 heterocycles. The van der Waals surface area contributed by atoms with E-state index >= 15 is 0 Å². The van der Waals surface area contributed by atoms with Crippen LogP contribution < -0.4 is 0 Å². The van der Waals surface area contributed by atoms with Crippen LogP contribution in [0.5, 0.6) is 0 Å². The lowest BCUT2D eigenvalue weighted by atomic mass is 9.91. The van der Waals surface area contributed by atoms with Crippen molar-refractivity contribution in [1.82, 2.24) is 0 Å². The number of aliphatic hydroxyl groups is 1. The van der Waals surface area contributed by atoms with Crippen LogP contribution >= 0.6 is 11.6 Å². The highest BCUT2D eigenvalue weighted by Crippen LogP contribution is 2.62. The zero-order valence-electron chi connectivity index (χ0n) is 10.6. The molecule has 0 fully saturated rings. The molecule has 0 aromatic heterocycles. The van der Waals surface area contributed by atoms with Crippen molar-refractivity contribution in [3.63, 3.8) is 0 Å². The number of alkyl halides is 16. The molecule has 0 aromatic rings. The van der Waals surface area contributed by atoms with E-state index in [4.69, 9.17) is 5.11 Å². The van der Waals surface area contributed by atoms with Crippen LogP contribution in [0.25, 0.3) is 0 Å². The predicted octanol–water partition coefficient (Wildman–Crippen LogP) is 4.92. The van der Waals surface area contributed by atoms with Crippen LogP contribution in [-0.2, 0) is 0 Å². The van der Waals surface area contributed by atoms with Crippen molar-refractivity contribution in [1.29, 1.82) is 0 Å². The van der Waals surface area contributed by atoms with Crippen LogP contribution in [0.1, 0.15) is 0 Å². The Morgan fingerprint density at radius 2 is 0.760 bits per heavy atom. The van der Waals surface area contributed by atoms with E-state index in [-0.39, 0.29) is 0 Å². The Labute approximate surface area is 131 Å². The molecule has 1 atom stereocenters. The van der Waals surface area contributed by atoms with Crippen molar-refractivity contribution in [2.75, 3.05) is 0 Å². The van der Waals surface area contributed by atoms with Gasteiger partial charge in [0.2, 0.25) is 5.63 Å². The van der Waals surface area contributed by atoms with E-state index in [0.717, 1.165) is 0 Å². The van der Waals surface area contributed by atoms with Gasteiger partial charge in [-0.25, -0.2) is 4.39 Å². The molecule has 25 heavy (non-hydrogen) atoms. The first-order chi connectivity index (χ1) is 10.4. The van der Waals surface area contributed by atoms with Crippen LogP contribution in [-0.4, -0.2) is 52.4 Å². The fraction of sp³-hybridized carbons (Fsp3) is 1.00. The fourth-order valence-electron chi connectivity index (χ4n) is 1.13. The van der Waals surface area contributed by atoms with Crippen LogP contribution in [0.2, 0.25) is 0 Å². The topological polar surface area (TPSA) is 20.2 Å². The summed E-state index contributed by atoms with van der Waals surface area (Å²) < 4.78 is 189. The Morgan fingerprint density at radius 3 is 1.00 bits per heavy atom. The summed E-state index contributed by atoms with van der Waals surface area (Å²) in [5, 5.41) is 7.40. The number of hydrogen-bond acceptors (Lipinski definition) is 1. The minimum atomic E-state index is -8.35. The molecule has 1 unspecified atom stereocenters. The van der Waals surface area contributed by atoms with Gasteiger partial charge < -0.3 is 5.11 Å². The van der Waals surface area contributed by atoms with Gasteiger partial charge in [0.1, 0.15) is 0 Å². The quantitative estimate of drug-likeness (QED) is 0.446. The Bertz CT molecular complexity index is 492. The third-order valence-corrected chi connectivity index (χ3v) is 2.92. The van der Waals surface area contributed by atoms with Crippen molar-refractivity contribution < 1.29 is 71.0 Å². The molecule has 0 spiro atoms. The lowest BCUT2D eigenvalue weighted by Gasteiger charge is -2.41. The van der Waals surface area contributed by atoms with Crippen molar-refractivity contribution in [3.05, 3.63) is 0 Å². The summed E-state index contributed by atoms with van der Waals surface area (Å²) >= 11 is 3.72. The second kappa shape index (κ2) is 5.85. The summed E-state index contributed by atoms with van der Waals surface area (Å²) in [4.78, 5) is 0. The summed E-state index contributed by atoms with van der Waals surface area (Å²) in [5.74, 6) is -47.6. The molecule has 0 aliphatic rings. The molecule has 1 N–H and O–H groups in total. The maximum absolute atomic E-state index is 12.9. The van der Waals surface area contributed by atoms with Crippen molar-refractivity contribution >= 4 is 11.6 Å². The van der Waals surface area contributed by atoms with Gasteiger partial charge in [-0.3, -0.25) is 0 Å². The maximum Gasteiger partial charge on any atom is 0.423 e. The zero-order chi connectivity index (χ0) is 21.1. The second-order valence-electron chi connectivity index (χ2n) is 4.34. The minimum Gasteiger partial charge on any atom is -0.331 e. The highest BCUT2D eigenvalue weighted by Gasteiger charge is 2.93. The van der Waals surface area contributed by atoms with Crippen LogP contribution in [0, 0.1) is 0 Å². The Balaban J connectivity index is 6.50. The SMILES string of the molecule is OC(F)(F)C(F)(F)C(F)(F)C(F)(F)C(F)(F)C(F)(F)C(F)(F)C(F)Cl. The zero-order valence-corrected chi connectivity index (χ0v) is 11.3. The first-order valence-electron chi connectivity index (χ1n) is 5.09. The van der Waals surface area contributed by atoms with E-state index in [2.05, 4.69) is 11.6 Å². The number of hydrogen-bond donors (Lipinski definition) is 1. The summed E-state index contributed by atoms with van der Waals surface area (Å²) in [7, 11) is 0. The van der Waals surface area contributed by atoms with E-state index in [9.17, 15) is 65.9 Å². The molecule has 0 amide bonds. The molecule has 0 rings (SSSR count). The first-order valence-corrected chi connectivity index (χ1v) is 5.53. The smallest absolute Gasteiger partial charge is 0.331 e. The van der Waals surface area contributed by atoms with E-state index in [0.29, 0.717) is 0 Å². The lowest BCUT2D eigenvalue weighted by Crippen LogP contribution is -2.73. The Hall–Kier alpha value is -0.800. The van der Waals surface area contributed by atoms with E-state index in [1.165, 1.54) is 0 Å². The average molecular weight is 435 g/mol. The van der Waals surface area contributed by atoms with Crippen LogP contribution in [0.3, 0.4) is 0 Å². The molecule has 0 saturated heterocycles. The third-order valence-electron chi connectivity index (χ3n) is 2.65. The molecular weight excluding hydrogens is 433 g/mol. The monoisotopic (exact) mass is 434 g/mol. The number of rotatable bonds is 7. The Morgan fingerprint density at radius 1 is 0.520 bits per heavy atom. The van der Waals surface area contributed by atoms with E-state index in [1.807, 2.05) is 0 Å². The summed E-state index contributed by atoms with van der Waals surface area (Å²) in [6.07, 6.45) is -7.18. The summed E-state index contributed by atoms with van der Waals surface area (Å²) in [6.45, 7) is 0. The highest BCUT2D eigenvalue weighted by atomic mass is 35.5. The predicted molar refractivity (Wildman–Crippen MR) is 47.6 cm³/mol. The lowest BCUT2D eigenvalue weighted by molar-refractivity contribution is -0.462. The third kappa shape index (κ3) is 2.98. The largest absolute Gasteiger partial charge is 0.423 e. The van der Waals surface area contributed by atoms with Crippen LogP contribution in [0.15, 0.2) is 0 Å². The molecule has 0 aromatic carbocycles. The van der Waals surface area contributed by atoms with Gasteiger partial charge in [-0.05, 0) is 0 Å². The van der Waals surface area contributed by atoms with Gasteiger partial charge in [-0.15, -0.1) is 0 Å².